The molecule has 0 aliphatic heterocycles. The summed E-state index contributed by atoms with van der Waals surface area (Å²) in [6.45, 7) is 2.13. The van der Waals surface area contributed by atoms with Crippen LogP contribution >= 0.6 is 24.4 Å². The molecule has 0 radical (unpaired) electrons. The first kappa shape index (κ1) is 10.9. The monoisotopic (exact) mass is 186 g/mol. The Morgan fingerprint density at radius 2 is 1.73 bits per heavy atom. The van der Waals surface area contributed by atoms with Crippen LogP contribution in [0.3, 0.4) is 0 Å². The van der Waals surface area contributed by atoms with Crippen LogP contribution in [0.2, 0.25) is 0 Å². The molecule has 0 nitrogen and oxygen atoms in total. The Morgan fingerprint density at radius 1 is 1.18 bits per heavy atom. The van der Waals surface area contributed by atoms with Crippen LogP contribution < -0.4 is 0 Å². The zero-order chi connectivity index (χ0) is 8.69. The normalized spacial score (nSPS) is 8.36. The molecule has 0 bridgehead atoms. The van der Waals surface area contributed by atoms with E-state index in [4.69, 9.17) is 0 Å². The molecule has 62 valence electrons. The summed E-state index contributed by atoms with van der Waals surface area (Å²) in [4.78, 5) is 1.37. The van der Waals surface area contributed by atoms with Crippen LogP contribution in [0, 0.1) is 6.92 Å². The summed E-state index contributed by atoms with van der Waals surface area (Å²) in [5.74, 6) is 0. The van der Waals surface area contributed by atoms with Gasteiger partial charge in [-0.2, -0.15) is 12.6 Å². The maximum absolute atomic E-state index is 3.53. The minimum atomic E-state index is 1.37. The lowest BCUT2D eigenvalue weighted by Gasteiger charge is -1.97. The predicted molar refractivity (Wildman–Crippen MR) is 57.9 cm³/mol. The largest absolute Gasteiger partial charge is 0.183 e. The van der Waals surface area contributed by atoms with Gasteiger partial charge in [-0.25, -0.2) is 0 Å². The Hall–Kier alpha value is -0.0800. The summed E-state index contributed by atoms with van der Waals surface area (Å²) >= 11 is 5.32. The number of hydrogen-bond donors (Lipinski definition) is 1. The lowest BCUT2D eigenvalue weighted by Crippen LogP contribution is -1.74. The molecule has 1 aromatic carbocycles. The summed E-state index contributed by atoms with van der Waals surface area (Å²) < 4.78 is 0. The second-order valence-electron chi connectivity index (χ2n) is 1.97. The molecule has 1 rings (SSSR count). The Bertz CT molecular complexity index is 197. The molecule has 1 aromatic rings. The molecule has 0 aromatic heterocycles. The average Bonchev–Trinajstić information content (AvgIpc) is 2.09. The standard InChI is InChI=1S/C8H10S.CH4S/c1-7-5-3-4-6-8(7)9-2;1-2/h3-6H,1-2H3;2H,1H3. The first-order valence-corrected chi connectivity index (χ1v) is 5.51. The molecule has 0 unspecified atom stereocenters. The van der Waals surface area contributed by atoms with Crippen molar-refractivity contribution in [2.75, 3.05) is 12.5 Å². The van der Waals surface area contributed by atoms with E-state index in [-0.39, 0.29) is 0 Å². The minimum Gasteiger partial charge on any atom is -0.183 e. The maximum atomic E-state index is 3.53. The van der Waals surface area contributed by atoms with Crippen LogP contribution in [0.25, 0.3) is 0 Å². The molecule has 0 saturated carbocycles. The fourth-order valence-electron chi connectivity index (χ4n) is 0.785. The van der Waals surface area contributed by atoms with Crippen molar-refractivity contribution in [3.63, 3.8) is 0 Å². The van der Waals surface area contributed by atoms with Crippen molar-refractivity contribution in [2.45, 2.75) is 11.8 Å². The van der Waals surface area contributed by atoms with E-state index >= 15 is 0 Å². The predicted octanol–water partition coefficient (Wildman–Crippen LogP) is 3.26. The van der Waals surface area contributed by atoms with Gasteiger partial charge in [0.15, 0.2) is 0 Å². The minimum absolute atomic E-state index is 1.37. The van der Waals surface area contributed by atoms with E-state index in [0.717, 1.165) is 0 Å². The molecule has 0 aliphatic carbocycles. The van der Waals surface area contributed by atoms with Crippen molar-refractivity contribution >= 4 is 24.4 Å². The topological polar surface area (TPSA) is 0 Å². The van der Waals surface area contributed by atoms with Gasteiger partial charge in [-0.3, -0.25) is 0 Å². The molecule has 0 amide bonds. The van der Waals surface area contributed by atoms with Crippen molar-refractivity contribution in [3.05, 3.63) is 29.8 Å². The van der Waals surface area contributed by atoms with Crippen molar-refractivity contribution in [1.29, 1.82) is 0 Å². The van der Waals surface area contributed by atoms with Gasteiger partial charge in [0.25, 0.3) is 0 Å². The van der Waals surface area contributed by atoms with Crippen molar-refractivity contribution in [1.82, 2.24) is 0 Å². The Kier molecular flexibility index (Phi) is 6.57. The fourth-order valence-corrected chi connectivity index (χ4v) is 1.39. The van der Waals surface area contributed by atoms with E-state index in [0.29, 0.717) is 0 Å². The molecule has 0 aliphatic rings. The van der Waals surface area contributed by atoms with Gasteiger partial charge in [0.2, 0.25) is 0 Å². The first-order valence-electron chi connectivity index (χ1n) is 3.39. The second kappa shape index (κ2) is 6.62. The maximum Gasteiger partial charge on any atom is 0.00983 e. The van der Waals surface area contributed by atoms with Gasteiger partial charge in [0.05, 0.1) is 0 Å². The van der Waals surface area contributed by atoms with Crippen LogP contribution in [0.15, 0.2) is 29.2 Å². The van der Waals surface area contributed by atoms with Gasteiger partial charge in [-0.1, -0.05) is 18.2 Å². The second-order valence-corrected chi connectivity index (χ2v) is 2.82. The Morgan fingerprint density at radius 3 is 2.09 bits per heavy atom. The zero-order valence-corrected chi connectivity index (χ0v) is 8.88. The Balaban J connectivity index is 0.000000461. The highest BCUT2D eigenvalue weighted by molar-refractivity contribution is 7.98. The molecular weight excluding hydrogens is 172 g/mol. The highest BCUT2D eigenvalue weighted by Gasteiger charge is 1.90. The fraction of sp³-hybridized carbons (Fsp3) is 0.333. The van der Waals surface area contributed by atoms with Gasteiger partial charge in [0, 0.05) is 4.90 Å². The molecule has 0 saturated heterocycles. The van der Waals surface area contributed by atoms with E-state index in [1.54, 1.807) is 18.0 Å². The molecule has 0 fully saturated rings. The zero-order valence-electron chi connectivity index (χ0n) is 7.16. The van der Waals surface area contributed by atoms with Crippen molar-refractivity contribution < 1.29 is 0 Å². The first-order chi connectivity index (χ1) is 5.34. The van der Waals surface area contributed by atoms with Gasteiger partial charge in [0.1, 0.15) is 0 Å². The smallest absolute Gasteiger partial charge is 0.00983 e. The summed E-state index contributed by atoms with van der Waals surface area (Å²) in [6, 6.07) is 8.40. The highest BCUT2D eigenvalue weighted by atomic mass is 32.2. The summed E-state index contributed by atoms with van der Waals surface area (Å²) in [6.07, 6.45) is 3.79. The van der Waals surface area contributed by atoms with Gasteiger partial charge < -0.3 is 0 Å². The third-order valence-corrected chi connectivity index (χ3v) is 2.21. The lowest BCUT2D eigenvalue weighted by atomic mass is 10.2. The molecule has 0 atom stereocenters. The van der Waals surface area contributed by atoms with Crippen LogP contribution in [-0.4, -0.2) is 12.5 Å². The average molecular weight is 186 g/mol. The molecule has 0 N–H and O–H groups in total. The van der Waals surface area contributed by atoms with Crippen LogP contribution in [0.1, 0.15) is 5.56 Å². The molecule has 11 heavy (non-hydrogen) atoms. The molecule has 0 spiro atoms. The quantitative estimate of drug-likeness (QED) is 0.519. The van der Waals surface area contributed by atoms with Gasteiger partial charge in [-0.15, -0.1) is 11.8 Å². The summed E-state index contributed by atoms with van der Waals surface area (Å²) in [5.41, 5.74) is 1.37. The Labute approximate surface area is 78.8 Å². The SMILES string of the molecule is CS.CSc1ccccc1C. The van der Waals surface area contributed by atoms with E-state index in [1.807, 2.05) is 0 Å². The van der Waals surface area contributed by atoms with Gasteiger partial charge >= 0.3 is 0 Å². The number of rotatable bonds is 1. The van der Waals surface area contributed by atoms with Crippen LogP contribution in [0.5, 0.6) is 0 Å². The summed E-state index contributed by atoms with van der Waals surface area (Å²) in [7, 11) is 0. The van der Waals surface area contributed by atoms with Crippen LogP contribution in [0.4, 0.5) is 0 Å². The van der Waals surface area contributed by atoms with Crippen molar-refractivity contribution in [2.24, 2.45) is 0 Å². The van der Waals surface area contributed by atoms with Crippen LogP contribution in [-0.2, 0) is 0 Å². The van der Waals surface area contributed by atoms with Crippen molar-refractivity contribution in [3.8, 4) is 0 Å². The molecule has 0 heterocycles. The number of thiol groups is 1. The molecule has 2 heteroatoms. The number of benzene rings is 1. The van der Waals surface area contributed by atoms with E-state index in [1.165, 1.54) is 10.5 Å². The third kappa shape index (κ3) is 3.73. The highest BCUT2D eigenvalue weighted by Crippen LogP contribution is 2.17. The lowest BCUT2D eigenvalue weighted by molar-refractivity contribution is 1.31. The summed E-state index contributed by atoms with van der Waals surface area (Å²) in [5, 5.41) is 0. The number of hydrogen-bond acceptors (Lipinski definition) is 2. The molecular formula is C9H14S2. The van der Waals surface area contributed by atoms with E-state index < -0.39 is 0 Å². The number of thioether (sulfide) groups is 1. The van der Waals surface area contributed by atoms with E-state index in [9.17, 15) is 0 Å². The van der Waals surface area contributed by atoms with Gasteiger partial charge in [-0.05, 0) is 31.1 Å². The number of aryl methyl sites for hydroxylation is 1. The van der Waals surface area contributed by atoms with E-state index in [2.05, 4.69) is 50.1 Å². The third-order valence-electron chi connectivity index (χ3n) is 1.31.